The molecule has 16 heteroatoms. The summed E-state index contributed by atoms with van der Waals surface area (Å²) in [7, 11) is 4.90. The third-order valence-electron chi connectivity index (χ3n) is 12.1. The zero-order valence-electron chi connectivity index (χ0n) is 33.4. The number of esters is 1. The Morgan fingerprint density at radius 1 is 0.914 bits per heavy atom. The van der Waals surface area contributed by atoms with Crippen LogP contribution in [0.15, 0.2) is 36.4 Å². The van der Waals surface area contributed by atoms with Crippen molar-refractivity contribution in [2.24, 2.45) is 0 Å². The largest absolute Gasteiger partial charge is 0.507 e. The second kappa shape index (κ2) is 16.2. The minimum Gasteiger partial charge on any atom is -0.507 e. The lowest BCUT2D eigenvalue weighted by atomic mass is 9.67. The van der Waals surface area contributed by atoms with Gasteiger partial charge in [0.15, 0.2) is 30.4 Å². The van der Waals surface area contributed by atoms with E-state index in [9.17, 15) is 39.6 Å². The Morgan fingerprint density at radius 3 is 2.24 bits per heavy atom. The van der Waals surface area contributed by atoms with Crippen molar-refractivity contribution >= 4 is 23.3 Å². The molecule has 0 spiro atoms. The highest BCUT2D eigenvalue weighted by molar-refractivity contribution is 6.30. The van der Waals surface area contributed by atoms with Crippen molar-refractivity contribution in [2.45, 2.75) is 133 Å². The molecule has 2 aromatic carbocycles. The molecule has 58 heavy (non-hydrogen) atoms. The number of carbonyl (C=O) groups is 4. The molecule has 0 bridgehead atoms. The quantitative estimate of drug-likeness (QED) is 0.229. The van der Waals surface area contributed by atoms with E-state index in [1.54, 1.807) is 27.7 Å². The summed E-state index contributed by atoms with van der Waals surface area (Å²) in [4.78, 5) is 54.9. The number of aliphatic hydroxyl groups excluding tert-OH is 1. The summed E-state index contributed by atoms with van der Waals surface area (Å²) >= 11 is 0. The molecule has 2 saturated heterocycles. The maximum absolute atomic E-state index is 13.9. The van der Waals surface area contributed by atoms with Gasteiger partial charge in [0, 0.05) is 42.0 Å². The van der Waals surface area contributed by atoms with E-state index in [1.807, 2.05) is 19.0 Å². The highest BCUT2D eigenvalue weighted by Crippen LogP contribution is 2.54. The maximum Gasteiger partial charge on any atom is 0.316 e. The maximum atomic E-state index is 13.9. The van der Waals surface area contributed by atoms with Gasteiger partial charge in [-0.2, -0.15) is 0 Å². The van der Waals surface area contributed by atoms with Crippen LogP contribution in [0, 0.1) is 0 Å². The Labute approximate surface area is 335 Å². The van der Waals surface area contributed by atoms with E-state index in [0.717, 1.165) is 0 Å². The highest BCUT2D eigenvalue weighted by Gasteiger charge is 2.53. The number of fused-ring (bicyclic) bond motifs is 3. The van der Waals surface area contributed by atoms with Crippen LogP contribution < -0.4 is 0 Å². The lowest BCUT2D eigenvalue weighted by Gasteiger charge is -2.48. The predicted molar refractivity (Wildman–Crippen MR) is 201 cm³/mol. The minimum atomic E-state index is -1.76. The number of ketones is 3. The van der Waals surface area contributed by atoms with Crippen LogP contribution in [-0.4, -0.2) is 137 Å². The summed E-state index contributed by atoms with van der Waals surface area (Å²) < 4.78 is 42.4. The van der Waals surface area contributed by atoms with Crippen LogP contribution in [0.2, 0.25) is 0 Å². The molecule has 314 valence electrons. The molecule has 2 aromatic rings. The molecule has 0 saturated carbocycles. The Balaban J connectivity index is 1.14. The second-order valence-corrected chi connectivity index (χ2v) is 16.0. The van der Waals surface area contributed by atoms with E-state index >= 15 is 0 Å². The third-order valence-corrected chi connectivity index (χ3v) is 12.1. The van der Waals surface area contributed by atoms with E-state index in [-0.39, 0.29) is 70.9 Å². The number of aromatic hydroxyl groups is 2. The molecule has 0 unspecified atom stereocenters. The average Bonchev–Trinajstić information content (AvgIpc) is 3.17. The first kappa shape index (κ1) is 42.0. The minimum absolute atomic E-state index is 0.0221. The number of methoxy groups -OCH3 is 1. The van der Waals surface area contributed by atoms with Crippen LogP contribution in [0.5, 0.6) is 11.5 Å². The van der Waals surface area contributed by atoms with Crippen LogP contribution in [0.4, 0.5) is 0 Å². The third kappa shape index (κ3) is 7.39. The number of likely N-dealkylation sites (N-methyl/N-ethyl adjacent to an activating group) is 1. The van der Waals surface area contributed by atoms with Gasteiger partial charge in [0.05, 0.1) is 48.3 Å². The fourth-order valence-corrected chi connectivity index (χ4v) is 9.02. The van der Waals surface area contributed by atoms with Crippen molar-refractivity contribution < 1.29 is 72.8 Å². The summed E-state index contributed by atoms with van der Waals surface area (Å²) in [5, 5.41) is 45.8. The van der Waals surface area contributed by atoms with Gasteiger partial charge in [-0.1, -0.05) is 19.1 Å². The lowest BCUT2D eigenvalue weighted by Crippen LogP contribution is -2.58. The summed E-state index contributed by atoms with van der Waals surface area (Å²) in [6.45, 7) is 6.87. The highest BCUT2D eigenvalue weighted by atomic mass is 16.7. The van der Waals surface area contributed by atoms with Crippen LogP contribution in [0.25, 0.3) is 0 Å². The number of aliphatic hydroxyl groups is 2. The van der Waals surface area contributed by atoms with Crippen LogP contribution in [-0.2, 0) is 42.7 Å². The fraction of sp³-hybridized carbons (Fsp3) is 0.571. The van der Waals surface area contributed by atoms with Gasteiger partial charge in [-0.15, -0.1) is 0 Å². The molecule has 4 N–H and O–H groups in total. The fourth-order valence-electron chi connectivity index (χ4n) is 9.02. The zero-order chi connectivity index (χ0) is 42.0. The Kier molecular flexibility index (Phi) is 11.7. The molecule has 5 aliphatic rings. The first-order valence-electron chi connectivity index (χ1n) is 19.6. The van der Waals surface area contributed by atoms with Gasteiger partial charge in [-0.05, 0) is 71.1 Å². The molecule has 3 heterocycles. The van der Waals surface area contributed by atoms with Gasteiger partial charge in [0.2, 0.25) is 5.78 Å². The molecular formula is C42H51NO15. The van der Waals surface area contributed by atoms with Crippen LogP contribution in [0.3, 0.4) is 0 Å². The second-order valence-electron chi connectivity index (χ2n) is 16.0. The molecule has 2 aliphatic carbocycles. The first-order valence-corrected chi connectivity index (χ1v) is 19.6. The first-order chi connectivity index (χ1) is 27.5. The lowest BCUT2D eigenvalue weighted by molar-refractivity contribution is -0.320. The molecule has 3 aliphatic heterocycles. The Morgan fingerprint density at radius 2 is 1.60 bits per heavy atom. The van der Waals surface area contributed by atoms with Crippen molar-refractivity contribution in [3.8, 4) is 11.5 Å². The number of nitrogens with zero attached hydrogens (tertiary/aromatic N) is 1. The van der Waals surface area contributed by atoms with Gasteiger partial charge in [0.1, 0.15) is 35.7 Å². The van der Waals surface area contributed by atoms with Gasteiger partial charge in [-0.25, -0.2) is 0 Å². The standard InChI is InChI=1S/C42H51NO15/c1-8-42(51)17-28(33-22(35(42)41(50)52-7)14-23-34(38(33)49)37(48)32-21(36(23)47)10-9-11-26(32)45)56-30-15-24(43(5)6)39(19(3)54-30)58-31-16-27(46)40(20(4)55-31)57-29-13-12-25(44)18(2)53-29/h9-14,18-20,24,27-31,35,39-40,45-46,49,51H,8,15-17H2,1-7H3/t18-,19+,20-,24+,27+,28+,29+,30-,31-,35+,39+,40+,42+/m1/s1. The van der Waals surface area contributed by atoms with Crippen molar-refractivity contribution in [2.75, 3.05) is 21.2 Å². The van der Waals surface area contributed by atoms with Gasteiger partial charge in [-0.3, -0.25) is 19.2 Å². The summed E-state index contributed by atoms with van der Waals surface area (Å²) in [6.07, 6.45) is -4.94. The normalized spacial score (nSPS) is 36.0. The predicted octanol–water partition coefficient (Wildman–Crippen LogP) is 2.93. The number of benzene rings is 2. The Bertz CT molecular complexity index is 1990. The van der Waals surface area contributed by atoms with Crippen molar-refractivity contribution in [1.29, 1.82) is 0 Å². The Hall–Kier alpha value is -4.10. The van der Waals surface area contributed by atoms with Crippen molar-refractivity contribution in [3.63, 3.8) is 0 Å². The summed E-state index contributed by atoms with van der Waals surface area (Å²) in [5.74, 6) is -4.79. The molecule has 2 fully saturated rings. The molecule has 0 aromatic heterocycles. The smallest absolute Gasteiger partial charge is 0.316 e. The molecule has 0 amide bonds. The van der Waals surface area contributed by atoms with Crippen molar-refractivity contribution in [1.82, 2.24) is 4.90 Å². The van der Waals surface area contributed by atoms with Gasteiger partial charge in [0.25, 0.3) is 0 Å². The van der Waals surface area contributed by atoms with E-state index in [1.165, 1.54) is 43.5 Å². The number of phenolic OH excluding ortho intramolecular Hbond substituents is 2. The van der Waals surface area contributed by atoms with E-state index in [2.05, 4.69) is 0 Å². The molecular weight excluding hydrogens is 758 g/mol. The number of rotatable bonds is 9. The number of ether oxygens (including phenoxy) is 7. The number of hydrogen-bond acceptors (Lipinski definition) is 16. The van der Waals surface area contributed by atoms with Gasteiger partial charge < -0.3 is 58.5 Å². The number of phenols is 2. The topological polar surface area (TPSA) is 217 Å². The van der Waals surface area contributed by atoms with Crippen LogP contribution in [0.1, 0.15) is 108 Å². The molecule has 13 atom stereocenters. The van der Waals surface area contributed by atoms with E-state index < -0.39 is 102 Å². The molecule has 0 radical (unpaired) electrons. The van der Waals surface area contributed by atoms with E-state index in [0.29, 0.717) is 0 Å². The monoisotopic (exact) mass is 809 g/mol. The summed E-state index contributed by atoms with van der Waals surface area (Å²) in [6, 6.07) is 5.09. The molecule has 7 rings (SSSR count). The molecule has 16 nitrogen and oxygen atoms in total. The SMILES string of the molecule is CC[C@]1(O)C[C@H](O[C@@H]2C[C@H](N(C)C)[C@@H](O[C@@H]3C[C@H](O)[C@@H](O[C@H]4C=CC(=O)[C@@H](C)O4)[C@@H](C)O3)[C@H](C)O2)c2c(cc3c(c2O)C(=O)c2c(O)cccc2C3=O)[C@H]1C(=O)OC. The summed E-state index contributed by atoms with van der Waals surface area (Å²) in [5.41, 5.74) is -2.52. The average molecular weight is 810 g/mol. The van der Waals surface area contributed by atoms with Crippen LogP contribution >= 0.6 is 0 Å². The van der Waals surface area contributed by atoms with E-state index in [4.69, 9.17) is 33.2 Å². The number of carbonyl (C=O) groups excluding carboxylic acids is 4. The van der Waals surface area contributed by atoms with Crippen molar-refractivity contribution in [3.05, 3.63) is 69.8 Å². The van der Waals surface area contributed by atoms with Gasteiger partial charge >= 0.3 is 5.97 Å². The number of hydrogen-bond donors (Lipinski definition) is 4. The zero-order valence-corrected chi connectivity index (χ0v) is 33.4.